The molecule has 2 aliphatic carbocycles. The molecule has 1 aromatic carbocycles. The molecule has 2 saturated carbocycles. The number of para-hydroxylation sites is 1. The Morgan fingerprint density at radius 2 is 2.20 bits per heavy atom. The lowest BCUT2D eigenvalue weighted by atomic mass is 9.81. The van der Waals surface area contributed by atoms with E-state index in [2.05, 4.69) is 20.5 Å². The number of nitrogens with zero attached hydrogens (tertiary/aromatic N) is 2. The van der Waals surface area contributed by atoms with Gasteiger partial charge in [0.15, 0.2) is 5.82 Å². The Kier molecular flexibility index (Phi) is 3.48. The van der Waals surface area contributed by atoms with E-state index in [1.54, 1.807) is 11.3 Å². The Balaban J connectivity index is 1.17. The lowest BCUT2D eigenvalue weighted by Crippen LogP contribution is -2.40. The molecule has 5 rings (SSSR count). The van der Waals surface area contributed by atoms with Crippen molar-refractivity contribution in [3.63, 3.8) is 0 Å². The standard InChI is InChI=1S/C18H18N4O2S/c23-18(20-16-8-13(21-22-16)10-4-5-10)11-6-12(7-11)24-14-2-1-3-15-17(14)19-9-25-15/h1-3,8-12H,4-7H2,(H2,20,21,22,23). The van der Waals surface area contributed by atoms with Gasteiger partial charge in [0.2, 0.25) is 5.91 Å². The summed E-state index contributed by atoms with van der Waals surface area (Å²) in [6.45, 7) is 0. The van der Waals surface area contributed by atoms with E-state index in [0.29, 0.717) is 11.7 Å². The second kappa shape index (κ2) is 5.84. The van der Waals surface area contributed by atoms with E-state index in [4.69, 9.17) is 4.74 Å². The van der Waals surface area contributed by atoms with E-state index in [1.165, 1.54) is 12.8 Å². The first-order valence-electron chi connectivity index (χ1n) is 8.61. The predicted octanol–water partition coefficient (Wildman–Crippen LogP) is 3.69. The van der Waals surface area contributed by atoms with Gasteiger partial charge in [-0.2, -0.15) is 5.10 Å². The number of amides is 1. The number of rotatable bonds is 5. The summed E-state index contributed by atoms with van der Waals surface area (Å²) in [7, 11) is 0. The maximum Gasteiger partial charge on any atom is 0.228 e. The number of aromatic amines is 1. The van der Waals surface area contributed by atoms with Gasteiger partial charge in [0.05, 0.1) is 10.2 Å². The molecule has 0 radical (unpaired) electrons. The molecule has 7 heteroatoms. The topological polar surface area (TPSA) is 79.9 Å². The highest BCUT2D eigenvalue weighted by Crippen LogP contribution is 2.40. The minimum atomic E-state index is -0.0132. The first-order valence-corrected chi connectivity index (χ1v) is 9.49. The van der Waals surface area contributed by atoms with Crippen LogP contribution in [-0.2, 0) is 4.79 Å². The molecule has 0 atom stereocenters. The average molecular weight is 354 g/mol. The molecular weight excluding hydrogens is 336 g/mol. The van der Waals surface area contributed by atoms with Gasteiger partial charge in [-0.25, -0.2) is 4.98 Å². The fourth-order valence-corrected chi connectivity index (χ4v) is 3.94. The van der Waals surface area contributed by atoms with E-state index >= 15 is 0 Å². The van der Waals surface area contributed by atoms with Crippen molar-refractivity contribution in [2.24, 2.45) is 5.92 Å². The number of thiazole rings is 1. The molecule has 2 aliphatic rings. The van der Waals surface area contributed by atoms with E-state index in [1.807, 2.05) is 29.8 Å². The van der Waals surface area contributed by atoms with Crippen molar-refractivity contribution in [1.82, 2.24) is 15.2 Å². The Labute approximate surface area is 148 Å². The highest BCUT2D eigenvalue weighted by Gasteiger charge is 2.37. The van der Waals surface area contributed by atoms with Gasteiger partial charge in [0.1, 0.15) is 17.4 Å². The van der Waals surface area contributed by atoms with Crippen LogP contribution >= 0.6 is 11.3 Å². The quantitative estimate of drug-likeness (QED) is 0.732. The minimum Gasteiger partial charge on any atom is -0.488 e. The maximum atomic E-state index is 12.3. The number of nitrogens with one attached hydrogen (secondary N) is 2. The van der Waals surface area contributed by atoms with Crippen molar-refractivity contribution >= 4 is 33.3 Å². The normalized spacial score (nSPS) is 22.6. The number of anilines is 1. The Morgan fingerprint density at radius 1 is 1.32 bits per heavy atom. The second-order valence-electron chi connectivity index (χ2n) is 6.84. The van der Waals surface area contributed by atoms with Crippen molar-refractivity contribution in [3.8, 4) is 5.75 Å². The molecule has 0 unspecified atom stereocenters. The molecule has 2 fully saturated rings. The van der Waals surface area contributed by atoms with E-state index in [0.717, 1.165) is 34.5 Å². The summed E-state index contributed by atoms with van der Waals surface area (Å²) in [5, 5.41) is 10.1. The van der Waals surface area contributed by atoms with Gasteiger partial charge in [-0.05, 0) is 37.8 Å². The van der Waals surface area contributed by atoms with Crippen molar-refractivity contribution < 1.29 is 9.53 Å². The van der Waals surface area contributed by atoms with Crippen LogP contribution in [0.15, 0.2) is 29.8 Å². The summed E-state index contributed by atoms with van der Waals surface area (Å²) < 4.78 is 7.16. The monoisotopic (exact) mass is 354 g/mol. The number of hydrogen-bond acceptors (Lipinski definition) is 5. The van der Waals surface area contributed by atoms with Crippen LogP contribution in [0.5, 0.6) is 5.75 Å². The summed E-state index contributed by atoms with van der Waals surface area (Å²) in [6.07, 6.45) is 3.95. The lowest BCUT2D eigenvalue weighted by molar-refractivity contribution is -0.125. The van der Waals surface area contributed by atoms with Crippen LogP contribution in [0.3, 0.4) is 0 Å². The fraction of sp³-hybridized carbons (Fsp3) is 0.389. The van der Waals surface area contributed by atoms with Crippen molar-refractivity contribution in [2.45, 2.75) is 37.7 Å². The molecule has 128 valence electrons. The average Bonchev–Trinajstić information content (AvgIpc) is 3.12. The van der Waals surface area contributed by atoms with Crippen molar-refractivity contribution in [3.05, 3.63) is 35.5 Å². The van der Waals surface area contributed by atoms with Crippen LogP contribution < -0.4 is 10.1 Å². The summed E-state index contributed by atoms with van der Waals surface area (Å²) in [5.41, 5.74) is 3.86. The van der Waals surface area contributed by atoms with Crippen LogP contribution in [0.4, 0.5) is 5.82 Å². The Hall–Kier alpha value is -2.41. The van der Waals surface area contributed by atoms with Crippen molar-refractivity contribution in [1.29, 1.82) is 0 Å². The summed E-state index contributed by atoms with van der Waals surface area (Å²) in [5.74, 6) is 2.06. The first-order chi connectivity index (χ1) is 12.3. The lowest BCUT2D eigenvalue weighted by Gasteiger charge is -2.34. The number of benzene rings is 1. The Morgan fingerprint density at radius 3 is 3.04 bits per heavy atom. The molecule has 2 N–H and O–H groups in total. The third-order valence-electron chi connectivity index (χ3n) is 4.95. The fourth-order valence-electron chi connectivity index (χ4n) is 3.24. The zero-order chi connectivity index (χ0) is 16.8. The van der Waals surface area contributed by atoms with E-state index in [9.17, 15) is 4.79 Å². The summed E-state index contributed by atoms with van der Waals surface area (Å²) in [6, 6.07) is 7.91. The van der Waals surface area contributed by atoms with Crippen LogP contribution in [-0.4, -0.2) is 27.2 Å². The van der Waals surface area contributed by atoms with Gasteiger partial charge in [-0.1, -0.05) is 6.07 Å². The van der Waals surface area contributed by atoms with Crippen molar-refractivity contribution in [2.75, 3.05) is 5.32 Å². The number of ether oxygens (including phenoxy) is 1. The van der Waals surface area contributed by atoms with Gasteiger partial charge in [0.25, 0.3) is 0 Å². The largest absolute Gasteiger partial charge is 0.488 e. The van der Waals surface area contributed by atoms with Crippen LogP contribution in [0.2, 0.25) is 0 Å². The van der Waals surface area contributed by atoms with Gasteiger partial charge in [0, 0.05) is 23.6 Å². The minimum absolute atomic E-state index is 0.0132. The molecule has 0 spiro atoms. The Bertz CT molecular complexity index is 924. The first kappa shape index (κ1) is 14.9. The summed E-state index contributed by atoms with van der Waals surface area (Å²) in [4.78, 5) is 16.7. The molecule has 3 aromatic rings. The number of hydrogen-bond donors (Lipinski definition) is 2. The number of H-pyrrole nitrogens is 1. The van der Waals surface area contributed by atoms with Gasteiger partial charge < -0.3 is 10.1 Å². The maximum absolute atomic E-state index is 12.3. The third-order valence-corrected chi connectivity index (χ3v) is 5.74. The number of carbonyl (C=O) groups is 1. The molecule has 6 nitrogen and oxygen atoms in total. The molecular formula is C18H18N4O2S. The molecule has 1 amide bonds. The number of carbonyl (C=O) groups excluding carboxylic acids is 1. The van der Waals surface area contributed by atoms with Gasteiger partial charge in [-0.3, -0.25) is 9.89 Å². The highest BCUT2D eigenvalue weighted by molar-refractivity contribution is 7.16. The molecule has 25 heavy (non-hydrogen) atoms. The van der Waals surface area contributed by atoms with E-state index < -0.39 is 0 Å². The summed E-state index contributed by atoms with van der Waals surface area (Å²) >= 11 is 1.60. The van der Waals surface area contributed by atoms with Crippen LogP contribution in [0.25, 0.3) is 10.2 Å². The number of aromatic nitrogens is 3. The molecule has 2 heterocycles. The zero-order valence-corrected chi connectivity index (χ0v) is 14.4. The molecule has 2 aromatic heterocycles. The third kappa shape index (κ3) is 2.89. The van der Waals surface area contributed by atoms with Gasteiger partial charge >= 0.3 is 0 Å². The van der Waals surface area contributed by atoms with E-state index in [-0.39, 0.29) is 17.9 Å². The highest BCUT2D eigenvalue weighted by atomic mass is 32.1. The smallest absolute Gasteiger partial charge is 0.228 e. The molecule has 0 aliphatic heterocycles. The predicted molar refractivity (Wildman–Crippen MR) is 96.0 cm³/mol. The SMILES string of the molecule is O=C(Nc1cc(C2CC2)[nH]n1)C1CC(Oc2cccc3scnc23)C1. The zero-order valence-electron chi connectivity index (χ0n) is 13.6. The number of fused-ring (bicyclic) bond motifs is 1. The van der Waals surface area contributed by atoms with Crippen LogP contribution in [0.1, 0.15) is 37.3 Å². The molecule has 0 bridgehead atoms. The molecule has 0 saturated heterocycles. The van der Waals surface area contributed by atoms with Gasteiger partial charge in [-0.15, -0.1) is 11.3 Å². The second-order valence-corrected chi connectivity index (χ2v) is 7.72. The van der Waals surface area contributed by atoms with Crippen LogP contribution in [0, 0.1) is 5.92 Å².